The van der Waals surface area contributed by atoms with E-state index in [9.17, 15) is 4.39 Å². The van der Waals surface area contributed by atoms with E-state index in [2.05, 4.69) is 10.0 Å². The van der Waals surface area contributed by atoms with Gasteiger partial charge in [-0.25, -0.2) is 4.39 Å². The minimum absolute atomic E-state index is 0.139. The summed E-state index contributed by atoms with van der Waals surface area (Å²) in [6, 6.07) is 10.4. The maximum absolute atomic E-state index is 14.4. The second-order valence-corrected chi connectivity index (χ2v) is 5.03. The van der Waals surface area contributed by atoms with Crippen molar-refractivity contribution in [3.8, 4) is 22.6 Å². The molecule has 0 aromatic heterocycles. The molecule has 1 aliphatic heterocycles. The van der Waals surface area contributed by atoms with Crippen LogP contribution in [0.5, 0.6) is 11.5 Å². The van der Waals surface area contributed by atoms with Gasteiger partial charge in [-0.15, -0.1) is 0 Å². The minimum Gasteiger partial charge on any atom is -0.486 e. The second kappa shape index (κ2) is 5.95. The number of rotatable bonds is 3. The van der Waals surface area contributed by atoms with Gasteiger partial charge in [0.15, 0.2) is 11.5 Å². The summed E-state index contributed by atoms with van der Waals surface area (Å²) >= 11 is 0. The Balaban J connectivity index is 2.08. The van der Waals surface area contributed by atoms with Crippen LogP contribution < -0.4 is 9.47 Å². The van der Waals surface area contributed by atoms with Crippen molar-refractivity contribution >= 4 is 0 Å². The van der Waals surface area contributed by atoms with Crippen LogP contribution in [0.25, 0.3) is 21.6 Å². The van der Waals surface area contributed by atoms with Crippen molar-refractivity contribution in [2.45, 2.75) is 13.0 Å². The number of hydrogen-bond donors (Lipinski definition) is 0. The SMILES string of the molecule is Cc1ccccc1-c1c(F)ccc2c1O[C@@H](CN=[N+]=[N-])CO2. The molecule has 22 heavy (non-hydrogen) atoms. The Kier molecular flexibility index (Phi) is 3.85. The van der Waals surface area contributed by atoms with Gasteiger partial charge in [0, 0.05) is 4.91 Å². The molecule has 0 saturated heterocycles. The molecule has 2 aromatic carbocycles. The smallest absolute Gasteiger partial charge is 0.172 e. The molecule has 1 aliphatic rings. The quantitative estimate of drug-likeness (QED) is 0.483. The number of ether oxygens (including phenoxy) is 2. The molecule has 0 aliphatic carbocycles. The van der Waals surface area contributed by atoms with Crippen molar-refractivity contribution in [2.24, 2.45) is 5.11 Å². The monoisotopic (exact) mass is 299 g/mol. The van der Waals surface area contributed by atoms with Crippen LogP contribution in [0.15, 0.2) is 41.5 Å². The van der Waals surface area contributed by atoms with Gasteiger partial charge in [0.25, 0.3) is 0 Å². The van der Waals surface area contributed by atoms with E-state index >= 15 is 0 Å². The van der Waals surface area contributed by atoms with Gasteiger partial charge < -0.3 is 9.47 Å². The highest BCUT2D eigenvalue weighted by Crippen LogP contribution is 2.43. The molecule has 1 atom stereocenters. The molecule has 0 unspecified atom stereocenters. The fourth-order valence-corrected chi connectivity index (χ4v) is 2.48. The number of benzene rings is 2. The Morgan fingerprint density at radius 1 is 1.32 bits per heavy atom. The van der Waals surface area contributed by atoms with Gasteiger partial charge in [-0.2, -0.15) is 0 Å². The first-order valence-electron chi connectivity index (χ1n) is 6.89. The highest BCUT2D eigenvalue weighted by molar-refractivity contribution is 5.77. The number of azide groups is 1. The molecule has 1 heterocycles. The van der Waals surface area contributed by atoms with Crippen molar-refractivity contribution in [1.82, 2.24) is 0 Å². The zero-order valence-electron chi connectivity index (χ0n) is 12.0. The summed E-state index contributed by atoms with van der Waals surface area (Å²) in [4.78, 5) is 2.71. The van der Waals surface area contributed by atoms with Gasteiger partial charge in [0.1, 0.15) is 18.5 Å². The highest BCUT2D eigenvalue weighted by Gasteiger charge is 2.26. The normalized spacial score (nSPS) is 16.0. The molecular weight excluding hydrogens is 285 g/mol. The van der Waals surface area contributed by atoms with Crippen LogP contribution in [0.2, 0.25) is 0 Å². The molecule has 112 valence electrons. The molecular formula is C16H14FN3O2. The number of nitrogens with zero attached hydrogens (tertiary/aromatic N) is 3. The zero-order valence-corrected chi connectivity index (χ0v) is 12.0. The Bertz CT molecular complexity index is 757. The maximum Gasteiger partial charge on any atom is 0.172 e. The fraction of sp³-hybridized carbons (Fsp3) is 0.250. The number of hydrogen-bond acceptors (Lipinski definition) is 3. The molecule has 2 aromatic rings. The van der Waals surface area contributed by atoms with Crippen LogP contribution >= 0.6 is 0 Å². The number of fused-ring (bicyclic) bond motifs is 1. The van der Waals surface area contributed by atoms with Crippen LogP contribution in [0.1, 0.15) is 5.56 Å². The summed E-state index contributed by atoms with van der Waals surface area (Å²) in [6.45, 7) is 2.32. The molecule has 5 nitrogen and oxygen atoms in total. The molecule has 0 spiro atoms. The Hall–Kier alpha value is -2.72. The summed E-state index contributed by atoms with van der Waals surface area (Å²) in [7, 11) is 0. The fourth-order valence-electron chi connectivity index (χ4n) is 2.48. The summed E-state index contributed by atoms with van der Waals surface area (Å²) in [6.07, 6.45) is -0.423. The van der Waals surface area contributed by atoms with E-state index in [4.69, 9.17) is 15.0 Å². The van der Waals surface area contributed by atoms with Crippen LogP contribution in [0.4, 0.5) is 4.39 Å². The highest BCUT2D eigenvalue weighted by atomic mass is 19.1. The minimum atomic E-state index is -0.423. The average molecular weight is 299 g/mol. The molecule has 0 bridgehead atoms. The van der Waals surface area contributed by atoms with Gasteiger partial charge in [-0.3, -0.25) is 0 Å². The first-order valence-corrected chi connectivity index (χ1v) is 6.89. The third kappa shape index (κ3) is 2.56. The second-order valence-electron chi connectivity index (χ2n) is 5.03. The predicted molar refractivity (Wildman–Crippen MR) is 80.5 cm³/mol. The topological polar surface area (TPSA) is 67.2 Å². The summed E-state index contributed by atoms with van der Waals surface area (Å²) in [5, 5.41) is 3.49. The van der Waals surface area contributed by atoms with Gasteiger partial charge >= 0.3 is 0 Å². The van der Waals surface area contributed by atoms with E-state index in [0.29, 0.717) is 17.1 Å². The zero-order chi connectivity index (χ0) is 15.5. The first-order chi connectivity index (χ1) is 10.7. The van der Waals surface area contributed by atoms with Crippen LogP contribution in [-0.2, 0) is 0 Å². The van der Waals surface area contributed by atoms with E-state index < -0.39 is 6.10 Å². The van der Waals surface area contributed by atoms with Gasteiger partial charge in [-0.05, 0) is 35.7 Å². The summed E-state index contributed by atoms with van der Waals surface area (Å²) in [5.41, 5.74) is 10.5. The molecule has 0 N–H and O–H groups in total. The van der Waals surface area contributed by atoms with Crippen LogP contribution in [0, 0.1) is 12.7 Å². The van der Waals surface area contributed by atoms with Crippen LogP contribution in [-0.4, -0.2) is 19.3 Å². The van der Waals surface area contributed by atoms with Crippen molar-refractivity contribution < 1.29 is 13.9 Å². The number of aryl methyl sites for hydroxylation is 1. The van der Waals surface area contributed by atoms with Crippen LogP contribution in [0.3, 0.4) is 0 Å². The van der Waals surface area contributed by atoms with E-state index in [-0.39, 0.29) is 19.0 Å². The van der Waals surface area contributed by atoms with Crippen molar-refractivity contribution in [3.05, 3.63) is 58.2 Å². The predicted octanol–water partition coefficient (Wildman–Crippen LogP) is 4.25. The maximum atomic E-state index is 14.4. The summed E-state index contributed by atoms with van der Waals surface area (Å²) < 4.78 is 25.8. The molecule has 6 heteroatoms. The van der Waals surface area contributed by atoms with E-state index in [1.807, 2.05) is 31.2 Å². The molecule has 0 radical (unpaired) electrons. The Morgan fingerprint density at radius 3 is 2.91 bits per heavy atom. The number of halogens is 1. The Morgan fingerprint density at radius 2 is 2.14 bits per heavy atom. The van der Waals surface area contributed by atoms with Gasteiger partial charge in [0.05, 0.1) is 12.1 Å². The van der Waals surface area contributed by atoms with Crippen molar-refractivity contribution in [2.75, 3.05) is 13.2 Å². The van der Waals surface area contributed by atoms with Crippen molar-refractivity contribution in [1.29, 1.82) is 0 Å². The molecule has 3 rings (SSSR count). The standard InChI is InChI=1S/C16H14FN3O2/c1-10-4-2-3-5-12(10)15-13(17)6-7-14-16(15)22-11(9-21-14)8-19-20-18/h2-7,11H,8-9H2,1H3/t11-/m0/s1. The van der Waals surface area contributed by atoms with E-state index in [1.54, 1.807) is 6.07 Å². The lowest BCUT2D eigenvalue weighted by Crippen LogP contribution is -2.32. The van der Waals surface area contributed by atoms with Gasteiger partial charge in [-0.1, -0.05) is 29.4 Å². The summed E-state index contributed by atoms with van der Waals surface area (Å²) in [5.74, 6) is 0.483. The van der Waals surface area contributed by atoms with Crippen molar-refractivity contribution in [3.63, 3.8) is 0 Å². The van der Waals surface area contributed by atoms with Gasteiger partial charge in [0.2, 0.25) is 0 Å². The average Bonchev–Trinajstić information content (AvgIpc) is 2.54. The molecule has 0 saturated carbocycles. The lowest BCUT2D eigenvalue weighted by atomic mass is 9.98. The van der Waals surface area contributed by atoms with E-state index in [1.165, 1.54) is 6.07 Å². The lowest BCUT2D eigenvalue weighted by molar-refractivity contribution is 0.0971. The first kappa shape index (κ1) is 14.2. The molecule has 0 fully saturated rings. The lowest BCUT2D eigenvalue weighted by Gasteiger charge is -2.28. The third-order valence-corrected chi connectivity index (χ3v) is 3.54. The molecule has 0 amide bonds. The Labute approximate surface area is 126 Å². The largest absolute Gasteiger partial charge is 0.486 e. The van der Waals surface area contributed by atoms with E-state index in [0.717, 1.165) is 11.1 Å². The third-order valence-electron chi connectivity index (χ3n) is 3.54.